The largest absolute Gasteiger partial charge is 0.396 e. The average molecular weight is 743 g/mol. The van der Waals surface area contributed by atoms with Gasteiger partial charge in [0.25, 0.3) is 0 Å². The van der Waals surface area contributed by atoms with Crippen LogP contribution in [0.15, 0.2) is 83.0 Å². The number of fused-ring (bicyclic) bond motifs is 2. The molecule has 1 heterocycles. The molecule has 1 aromatic carbocycles. The van der Waals surface area contributed by atoms with Crippen LogP contribution in [0.4, 0.5) is 0 Å². The third-order valence-corrected chi connectivity index (χ3v) is 14.0. The van der Waals surface area contributed by atoms with E-state index in [1.54, 1.807) is 0 Å². The number of hydrogen-bond donors (Lipinski definition) is 6. The number of rotatable bonds is 13. The smallest absolute Gasteiger partial charge is 0.145 e. The number of nitrogens with one attached hydrogen (secondary N) is 2. The zero-order chi connectivity index (χ0) is 38.7. The minimum absolute atomic E-state index is 0.00447. The summed E-state index contributed by atoms with van der Waals surface area (Å²) < 4.78 is 0. The summed E-state index contributed by atoms with van der Waals surface area (Å²) in [6, 6.07) is 9.64. The lowest BCUT2D eigenvalue weighted by atomic mass is 9.51. The van der Waals surface area contributed by atoms with Gasteiger partial charge in [-0.2, -0.15) is 0 Å². The molecule has 3 aliphatic carbocycles. The Balaban J connectivity index is 1.37. The van der Waals surface area contributed by atoms with Crippen molar-refractivity contribution in [3.05, 3.63) is 94.1 Å². The number of aldehydes is 1. The fourth-order valence-corrected chi connectivity index (χ4v) is 10.8. The van der Waals surface area contributed by atoms with Gasteiger partial charge in [-0.15, -0.1) is 0 Å². The molecule has 1 aliphatic heterocycles. The Morgan fingerprint density at radius 1 is 1.09 bits per heavy atom. The predicted molar refractivity (Wildman–Crippen MR) is 220 cm³/mol. The van der Waals surface area contributed by atoms with E-state index in [4.69, 9.17) is 0 Å². The van der Waals surface area contributed by atoms with Crippen LogP contribution < -0.4 is 10.6 Å². The monoisotopic (exact) mass is 743 g/mol. The number of carbonyl (C=O) groups is 1. The molecule has 7 nitrogen and oxygen atoms in total. The lowest BCUT2D eigenvalue weighted by molar-refractivity contribution is -0.180. The van der Waals surface area contributed by atoms with Gasteiger partial charge in [0, 0.05) is 30.5 Å². The van der Waals surface area contributed by atoms with Crippen LogP contribution in [0, 0.1) is 29.1 Å². The second-order valence-corrected chi connectivity index (χ2v) is 17.2. The van der Waals surface area contributed by atoms with E-state index in [1.807, 2.05) is 26.1 Å². The van der Waals surface area contributed by atoms with Crippen LogP contribution in [0.3, 0.4) is 0 Å². The molecule has 298 valence electrons. The molecule has 7 atom stereocenters. The van der Waals surface area contributed by atoms with Crippen LogP contribution in [0.25, 0.3) is 0 Å². The summed E-state index contributed by atoms with van der Waals surface area (Å²) in [7, 11) is 1.87. The molecule has 5 rings (SSSR count). The molecule has 1 aromatic rings. The molecule has 1 spiro atoms. The van der Waals surface area contributed by atoms with Crippen molar-refractivity contribution in [1.29, 1.82) is 0 Å². The number of benzene rings is 1. The quantitative estimate of drug-likeness (QED) is 0.0552. The number of hydrogen-bond acceptors (Lipinski definition) is 7. The van der Waals surface area contributed by atoms with Crippen LogP contribution in [0.5, 0.6) is 0 Å². The van der Waals surface area contributed by atoms with Crippen LogP contribution >= 0.6 is 0 Å². The van der Waals surface area contributed by atoms with Crippen molar-refractivity contribution in [2.75, 3.05) is 33.4 Å². The Hall–Kier alpha value is -2.65. The summed E-state index contributed by atoms with van der Waals surface area (Å²) in [6.45, 7) is 9.91. The van der Waals surface area contributed by atoms with E-state index in [2.05, 4.69) is 60.6 Å². The fourth-order valence-electron chi connectivity index (χ4n) is 10.8. The maximum atomic E-state index is 12.5. The number of allylic oxidation sites excluding steroid dienone is 7. The van der Waals surface area contributed by atoms with Crippen molar-refractivity contribution in [2.24, 2.45) is 29.1 Å². The second kappa shape index (κ2) is 20.0. The summed E-state index contributed by atoms with van der Waals surface area (Å²) in [5.41, 5.74) is 5.46. The van der Waals surface area contributed by atoms with Crippen molar-refractivity contribution in [2.45, 2.75) is 128 Å². The van der Waals surface area contributed by atoms with Crippen molar-refractivity contribution >= 4 is 6.29 Å². The molecule has 6 N–H and O–H groups in total. The molecule has 4 aliphatic rings. The molecule has 0 saturated heterocycles. The minimum atomic E-state index is -1.16. The summed E-state index contributed by atoms with van der Waals surface area (Å²) in [4.78, 5) is 12.1. The number of aliphatic hydroxyl groups is 4. The first kappa shape index (κ1) is 42.5. The Kier molecular flexibility index (Phi) is 15.7. The van der Waals surface area contributed by atoms with Gasteiger partial charge in [0.05, 0.1) is 18.3 Å². The average Bonchev–Trinajstić information content (AvgIpc) is 3.53. The first-order valence-corrected chi connectivity index (χ1v) is 21.0. The number of aliphatic hydroxyl groups excluding tert-OH is 3. The van der Waals surface area contributed by atoms with Gasteiger partial charge in [0.2, 0.25) is 0 Å². The Bertz CT molecular complexity index is 1540. The van der Waals surface area contributed by atoms with E-state index in [9.17, 15) is 25.2 Å². The van der Waals surface area contributed by atoms with Crippen molar-refractivity contribution in [3.63, 3.8) is 0 Å². The highest BCUT2D eigenvalue weighted by molar-refractivity contribution is 5.74. The van der Waals surface area contributed by atoms with Crippen LogP contribution in [-0.2, 0) is 17.6 Å². The lowest BCUT2D eigenvalue weighted by Crippen LogP contribution is -2.61. The molecule has 0 aromatic heterocycles. The Morgan fingerprint density at radius 2 is 1.85 bits per heavy atom. The van der Waals surface area contributed by atoms with Gasteiger partial charge < -0.3 is 31.1 Å². The highest BCUT2D eigenvalue weighted by Gasteiger charge is 2.65. The second-order valence-electron chi connectivity index (χ2n) is 17.2. The van der Waals surface area contributed by atoms with Crippen molar-refractivity contribution in [1.82, 2.24) is 10.6 Å². The fraction of sp³-hybridized carbons (Fsp3) is 0.638. The van der Waals surface area contributed by atoms with Crippen molar-refractivity contribution in [3.8, 4) is 0 Å². The third kappa shape index (κ3) is 9.65. The molecular weight excluding hydrogens is 673 g/mol. The van der Waals surface area contributed by atoms with E-state index in [0.717, 1.165) is 54.7 Å². The maximum Gasteiger partial charge on any atom is 0.145 e. The van der Waals surface area contributed by atoms with Gasteiger partial charge in [-0.3, -0.25) is 4.79 Å². The van der Waals surface area contributed by atoms with E-state index < -0.39 is 17.1 Å². The number of carbonyl (C=O) groups excluding carboxylic acids is 1. The highest BCUT2D eigenvalue weighted by Crippen LogP contribution is 2.64. The molecule has 2 bridgehead atoms. The minimum Gasteiger partial charge on any atom is -0.396 e. The summed E-state index contributed by atoms with van der Waals surface area (Å²) >= 11 is 0. The van der Waals surface area contributed by atoms with E-state index in [-0.39, 0.29) is 31.0 Å². The standard InChI is InChI=1S/C47H70N2O5/c1-33-18-19-39(28-36-12-9-13-37(27-36)29-44(49-30-33)38-14-6-5-7-15-38)34(2)11-8-16-40(32-52)42-21-23-47(45(42)53)43(17-10-26-50)41(35(3)31-51)20-22-46(47,54)24-25-48-4/h8-9,11-13,16,18,27,31,38-39,42-45,48-50,52-54H,2,5-7,10,14-15,17,19-26,28-30,32H2,1,3-4H3/b11-8+,33-18+,40-16-,41-35-/t39-,42-,43-,44-,45+,46-,47+/m0/s1. The molecule has 3 fully saturated rings. The van der Waals surface area contributed by atoms with Gasteiger partial charge >= 0.3 is 0 Å². The Labute approximate surface area is 325 Å². The molecule has 7 heteroatoms. The van der Waals surface area contributed by atoms with Gasteiger partial charge in [-0.05, 0) is 145 Å². The van der Waals surface area contributed by atoms with Gasteiger partial charge in [0.15, 0.2) is 0 Å². The zero-order valence-electron chi connectivity index (χ0n) is 33.5. The SMILES string of the molecule is C=C(/C=C/C=C(/CO)[C@@H]1CC[C@]2([C@@H]1O)[C@@H](CCCO)/C(=C(/C)C=O)CC[C@]2(O)CCNC)[C@H]1C/C=C(\C)CN[C@H](C2CCCCC2)Cc2cccc(c2)C1. The van der Waals surface area contributed by atoms with Crippen LogP contribution in [-0.4, -0.2) is 77.8 Å². The van der Waals surface area contributed by atoms with Crippen molar-refractivity contribution < 1.29 is 25.2 Å². The first-order valence-electron chi connectivity index (χ1n) is 21.0. The highest BCUT2D eigenvalue weighted by atomic mass is 16.3. The van der Waals surface area contributed by atoms with Gasteiger partial charge in [0.1, 0.15) is 6.29 Å². The summed E-state index contributed by atoms with van der Waals surface area (Å²) in [5, 5.41) is 52.7. The van der Waals surface area contributed by atoms with E-state index in [1.165, 1.54) is 48.8 Å². The Morgan fingerprint density at radius 3 is 2.56 bits per heavy atom. The summed E-state index contributed by atoms with van der Waals surface area (Å²) in [6.07, 6.45) is 21.7. The third-order valence-electron chi connectivity index (χ3n) is 14.0. The molecular formula is C47H70N2O5. The van der Waals surface area contributed by atoms with Gasteiger partial charge in [-0.25, -0.2) is 0 Å². The van der Waals surface area contributed by atoms with E-state index >= 15 is 0 Å². The molecule has 0 radical (unpaired) electrons. The molecule has 3 saturated carbocycles. The predicted octanol–water partition coefficient (Wildman–Crippen LogP) is 7.10. The topological polar surface area (TPSA) is 122 Å². The lowest BCUT2D eigenvalue weighted by Gasteiger charge is -2.57. The maximum absolute atomic E-state index is 12.5. The first-order chi connectivity index (χ1) is 26.1. The molecule has 0 amide bonds. The zero-order valence-corrected chi connectivity index (χ0v) is 33.5. The molecule has 54 heavy (non-hydrogen) atoms. The van der Waals surface area contributed by atoms with Crippen LogP contribution in [0.2, 0.25) is 0 Å². The van der Waals surface area contributed by atoms with Gasteiger partial charge in [-0.1, -0.05) is 91.1 Å². The van der Waals surface area contributed by atoms with E-state index in [0.29, 0.717) is 63.1 Å². The molecule has 0 unspecified atom stereocenters. The van der Waals surface area contributed by atoms with Crippen LogP contribution in [0.1, 0.15) is 108 Å². The summed E-state index contributed by atoms with van der Waals surface area (Å²) in [5.74, 6) is 0.366. The normalized spacial score (nSPS) is 33.6.